The van der Waals surface area contributed by atoms with Crippen LogP contribution in [0.1, 0.15) is 42.7 Å². The van der Waals surface area contributed by atoms with E-state index in [4.69, 9.17) is 0 Å². The minimum absolute atomic E-state index is 0.207. The molecule has 2 aromatic heterocycles. The number of aromatic nitrogens is 6. The molecule has 0 radical (unpaired) electrons. The Balaban J connectivity index is 1.60. The molecule has 0 spiro atoms. The summed E-state index contributed by atoms with van der Waals surface area (Å²) in [7, 11) is 1.67. The highest BCUT2D eigenvalue weighted by atomic mass is 32.1. The molecule has 0 aliphatic heterocycles. The number of nitrogens with one attached hydrogen (secondary N) is 1. The number of aryl methyl sites for hydroxylation is 2. The van der Waals surface area contributed by atoms with E-state index in [2.05, 4.69) is 30.9 Å². The number of hydrogen-bond acceptors (Lipinski definition) is 7. The molecule has 2 unspecified atom stereocenters. The summed E-state index contributed by atoms with van der Waals surface area (Å²) < 4.78 is 27.8. The molecule has 2 heterocycles. The molecule has 158 valence electrons. The van der Waals surface area contributed by atoms with Gasteiger partial charge in [-0.2, -0.15) is 4.80 Å². The zero-order valence-corrected chi connectivity index (χ0v) is 17.4. The molecule has 1 aliphatic carbocycles. The Kier molecular flexibility index (Phi) is 5.54. The van der Waals surface area contributed by atoms with Crippen molar-refractivity contribution in [3.05, 3.63) is 34.8 Å². The number of carbonyl (C=O) groups excluding carboxylic acids is 1. The van der Waals surface area contributed by atoms with Gasteiger partial charge in [0.05, 0.1) is 13.0 Å². The lowest BCUT2D eigenvalue weighted by molar-refractivity contribution is -0.118. The first-order chi connectivity index (χ1) is 14.3. The van der Waals surface area contributed by atoms with Crippen LogP contribution in [-0.4, -0.2) is 42.2 Å². The summed E-state index contributed by atoms with van der Waals surface area (Å²) in [6.07, 6.45) is 0.481. The van der Waals surface area contributed by atoms with Crippen LogP contribution in [0.5, 0.6) is 0 Å². The summed E-state index contributed by atoms with van der Waals surface area (Å²) in [6.45, 7) is 1.95. The van der Waals surface area contributed by atoms with Crippen LogP contribution in [-0.2, 0) is 18.3 Å². The van der Waals surface area contributed by atoms with Crippen LogP contribution in [0.2, 0.25) is 0 Å². The van der Waals surface area contributed by atoms with Gasteiger partial charge in [-0.05, 0) is 29.5 Å². The lowest BCUT2D eigenvalue weighted by Gasteiger charge is -2.23. The van der Waals surface area contributed by atoms with E-state index in [1.54, 1.807) is 31.3 Å². The van der Waals surface area contributed by atoms with Crippen LogP contribution in [0.3, 0.4) is 0 Å². The molecule has 3 aromatic rings. The van der Waals surface area contributed by atoms with E-state index in [0.717, 1.165) is 10.6 Å². The summed E-state index contributed by atoms with van der Waals surface area (Å²) in [5, 5.41) is 23.9. The van der Waals surface area contributed by atoms with Gasteiger partial charge in [0, 0.05) is 18.4 Å². The second-order valence-electron chi connectivity index (χ2n) is 7.40. The quantitative estimate of drug-likeness (QED) is 0.639. The fraction of sp³-hybridized carbons (Fsp3) is 0.474. The van der Waals surface area contributed by atoms with Crippen molar-refractivity contribution >= 4 is 22.4 Å². The number of rotatable bonds is 6. The fourth-order valence-corrected chi connectivity index (χ4v) is 4.46. The number of anilines is 1. The number of hydrogen-bond donors (Lipinski definition) is 1. The molecule has 1 aliphatic rings. The van der Waals surface area contributed by atoms with Crippen LogP contribution in [0.25, 0.3) is 11.4 Å². The van der Waals surface area contributed by atoms with Gasteiger partial charge in [-0.1, -0.05) is 42.5 Å². The van der Waals surface area contributed by atoms with E-state index in [1.165, 1.54) is 16.1 Å². The van der Waals surface area contributed by atoms with Crippen LogP contribution in [0.15, 0.2) is 24.3 Å². The van der Waals surface area contributed by atoms with E-state index in [0.29, 0.717) is 22.9 Å². The standard InChI is InChI=1S/C19H21F2N7OS/c1-3-14-23-25-18(30-14)22-17(29)15(13-8-9-19(20,21)10-13)11-4-6-12(7-5-11)16-24-27-28(2)26-16/h4-7,13,15H,3,8-10H2,1-2H3,(H,22,25,29). The molecule has 1 amide bonds. The summed E-state index contributed by atoms with van der Waals surface area (Å²) in [5.41, 5.74) is 1.41. The normalized spacial score (nSPS) is 19.0. The highest BCUT2D eigenvalue weighted by molar-refractivity contribution is 7.15. The third-order valence-corrected chi connectivity index (χ3v) is 6.21. The van der Waals surface area contributed by atoms with Crippen molar-refractivity contribution in [3.8, 4) is 11.4 Å². The third-order valence-electron chi connectivity index (χ3n) is 5.23. The minimum atomic E-state index is -2.75. The Morgan fingerprint density at radius 2 is 2.07 bits per heavy atom. The van der Waals surface area contributed by atoms with E-state index >= 15 is 0 Å². The molecule has 30 heavy (non-hydrogen) atoms. The summed E-state index contributed by atoms with van der Waals surface area (Å²) >= 11 is 1.29. The highest BCUT2D eigenvalue weighted by Crippen LogP contribution is 2.46. The Hall–Kier alpha value is -2.82. The highest BCUT2D eigenvalue weighted by Gasteiger charge is 2.45. The first-order valence-corrected chi connectivity index (χ1v) is 10.5. The molecule has 4 rings (SSSR count). The van der Waals surface area contributed by atoms with Crippen molar-refractivity contribution < 1.29 is 13.6 Å². The van der Waals surface area contributed by atoms with Crippen molar-refractivity contribution in [2.24, 2.45) is 13.0 Å². The molecular formula is C19H21F2N7OS. The average molecular weight is 433 g/mol. The molecule has 0 bridgehead atoms. The van der Waals surface area contributed by atoms with E-state index < -0.39 is 17.8 Å². The lowest BCUT2D eigenvalue weighted by atomic mass is 9.83. The number of nitrogens with zero attached hydrogens (tertiary/aromatic N) is 6. The maximum absolute atomic E-state index is 13.9. The maximum Gasteiger partial charge on any atom is 0.248 e. The summed E-state index contributed by atoms with van der Waals surface area (Å²) in [4.78, 5) is 14.5. The van der Waals surface area contributed by atoms with Crippen LogP contribution >= 0.6 is 11.3 Å². The number of tetrazole rings is 1. The smallest absolute Gasteiger partial charge is 0.248 e. The van der Waals surface area contributed by atoms with E-state index in [9.17, 15) is 13.6 Å². The Bertz CT molecular complexity index is 1030. The van der Waals surface area contributed by atoms with E-state index in [1.807, 2.05) is 6.92 Å². The van der Waals surface area contributed by atoms with Crippen LogP contribution < -0.4 is 5.32 Å². The van der Waals surface area contributed by atoms with Gasteiger partial charge in [0.1, 0.15) is 5.01 Å². The fourth-order valence-electron chi connectivity index (χ4n) is 3.78. The molecule has 1 fully saturated rings. The van der Waals surface area contributed by atoms with Crippen LogP contribution in [0, 0.1) is 5.92 Å². The van der Waals surface area contributed by atoms with Gasteiger partial charge in [0.2, 0.25) is 22.8 Å². The van der Waals surface area contributed by atoms with Gasteiger partial charge in [0.25, 0.3) is 0 Å². The van der Waals surface area contributed by atoms with Crippen molar-refractivity contribution in [3.63, 3.8) is 0 Å². The van der Waals surface area contributed by atoms with Crippen LogP contribution in [0.4, 0.5) is 13.9 Å². The van der Waals surface area contributed by atoms with Gasteiger partial charge < -0.3 is 0 Å². The predicted molar refractivity (Wildman–Crippen MR) is 107 cm³/mol. The van der Waals surface area contributed by atoms with Gasteiger partial charge in [-0.15, -0.1) is 20.4 Å². The average Bonchev–Trinajstić information content (AvgIpc) is 3.43. The Morgan fingerprint density at radius 3 is 2.63 bits per heavy atom. The minimum Gasteiger partial charge on any atom is -0.300 e. The molecule has 1 N–H and O–H groups in total. The van der Waals surface area contributed by atoms with Gasteiger partial charge >= 0.3 is 0 Å². The van der Waals surface area contributed by atoms with Crippen molar-refractivity contribution in [1.29, 1.82) is 0 Å². The Morgan fingerprint density at radius 1 is 1.30 bits per heavy atom. The molecular weight excluding hydrogens is 412 g/mol. The molecule has 8 nitrogen and oxygen atoms in total. The lowest BCUT2D eigenvalue weighted by Crippen LogP contribution is -2.27. The number of alkyl halides is 2. The van der Waals surface area contributed by atoms with Gasteiger partial charge in [-0.25, -0.2) is 8.78 Å². The summed E-state index contributed by atoms with van der Waals surface area (Å²) in [6, 6.07) is 7.09. The third kappa shape index (κ3) is 4.35. The Labute approximate surface area is 175 Å². The SMILES string of the molecule is CCc1nnc(NC(=O)C(c2ccc(-c3nnn(C)n3)cc2)C2CCC(F)(F)C2)s1. The van der Waals surface area contributed by atoms with Crippen molar-refractivity contribution in [1.82, 2.24) is 30.4 Å². The number of halogens is 2. The predicted octanol–water partition coefficient (Wildman–Crippen LogP) is 3.45. The topological polar surface area (TPSA) is 98.5 Å². The zero-order valence-electron chi connectivity index (χ0n) is 16.5. The maximum atomic E-state index is 13.9. The van der Waals surface area contributed by atoms with E-state index in [-0.39, 0.29) is 25.2 Å². The molecule has 0 saturated heterocycles. The summed E-state index contributed by atoms with van der Waals surface area (Å²) in [5.74, 6) is -3.80. The number of carbonyl (C=O) groups is 1. The molecule has 1 aromatic carbocycles. The molecule has 2 atom stereocenters. The second-order valence-corrected chi connectivity index (χ2v) is 8.47. The van der Waals surface area contributed by atoms with Gasteiger partial charge in [-0.3, -0.25) is 10.1 Å². The first-order valence-electron chi connectivity index (χ1n) is 9.70. The molecule has 11 heteroatoms. The molecule has 1 saturated carbocycles. The number of amides is 1. The first kappa shape index (κ1) is 20.5. The zero-order chi connectivity index (χ0) is 21.3. The van der Waals surface area contributed by atoms with Crippen molar-refractivity contribution in [2.75, 3.05) is 5.32 Å². The van der Waals surface area contributed by atoms with Crippen molar-refractivity contribution in [2.45, 2.75) is 44.4 Å². The van der Waals surface area contributed by atoms with Gasteiger partial charge in [0.15, 0.2) is 0 Å². The monoisotopic (exact) mass is 433 g/mol. The second kappa shape index (κ2) is 8.13. The number of benzene rings is 1. The largest absolute Gasteiger partial charge is 0.300 e.